The summed E-state index contributed by atoms with van der Waals surface area (Å²) in [6.45, 7) is 0. The molecule has 0 spiro atoms. The summed E-state index contributed by atoms with van der Waals surface area (Å²) in [5.41, 5.74) is 4.97. The van der Waals surface area contributed by atoms with Gasteiger partial charge in [-0.1, -0.05) is 30.3 Å². The van der Waals surface area contributed by atoms with E-state index in [1.54, 1.807) is 18.6 Å². The standard InChI is InChI=1S/C13H16N4/c14-17-12(13-10-15-8-9-16-13)7-6-11-4-2-1-3-5-11/h1-5,8-10,12,17H,6-7,14H2. The summed E-state index contributed by atoms with van der Waals surface area (Å²) in [6.07, 6.45) is 6.96. The third kappa shape index (κ3) is 3.34. The molecule has 0 aliphatic carbocycles. The third-order valence-corrected chi connectivity index (χ3v) is 2.71. The number of aromatic nitrogens is 2. The van der Waals surface area contributed by atoms with Gasteiger partial charge in [0.25, 0.3) is 0 Å². The molecule has 0 aliphatic heterocycles. The van der Waals surface area contributed by atoms with Crippen LogP contribution in [0, 0.1) is 0 Å². The van der Waals surface area contributed by atoms with Gasteiger partial charge in [-0.2, -0.15) is 0 Å². The average Bonchev–Trinajstić information content (AvgIpc) is 2.42. The number of nitrogens with one attached hydrogen (secondary N) is 1. The maximum Gasteiger partial charge on any atom is 0.0769 e. The molecule has 3 N–H and O–H groups in total. The minimum atomic E-state index is 0.0453. The van der Waals surface area contributed by atoms with Crippen LogP contribution in [0.25, 0.3) is 0 Å². The molecule has 1 unspecified atom stereocenters. The molecule has 88 valence electrons. The van der Waals surface area contributed by atoms with Crippen LogP contribution in [0.1, 0.15) is 23.7 Å². The first kappa shape index (κ1) is 11.7. The Morgan fingerprint density at radius 2 is 2.00 bits per heavy atom. The maximum absolute atomic E-state index is 5.55. The van der Waals surface area contributed by atoms with E-state index < -0.39 is 0 Å². The van der Waals surface area contributed by atoms with E-state index in [0.29, 0.717) is 0 Å². The van der Waals surface area contributed by atoms with Crippen molar-refractivity contribution in [2.45, 2.75) is 18.9 Å². The Hall–Kier alpha value is -1.78. The molecule has 0 amide bonds. The van der Waals surface area contributed by atoms with Gasteiger partial charge in [0.2, 0.25) is 0 Å². The molecule has 2 aromatic rings. The van der Waals surface area contributed by atoms with Crippen molar-refractivity contribution in [1.29, 1.82) is 0 Å². The molecule has 1 atom stereocenters. The predicted octanol–water partition coefficient (Wildman–Crippen LogP) is 1.61. The highest BCUT2D eigenvalue weighted by Crippen LogP contribution is 2.15. The molecule has 1 aromatic carbocycles. The van der Waals surface area contributed by atoms with Crippen LogP contribution in [0.3, 0.4) is 0 Å². The predicted molar refractivity (Wildman–Crippen MR) is 66.9 cm³/mol. The number of hydrogen-bond donors (Lipinski definition) is 2. The van der Waals surface area contributed by atoms with Crippen molar-refractivity contribution in [2.75, 3.05) is 0 Å². The highest BCUT2D eigenvalue weighted by Gasteiger charge is 2.10. The monoisotopic (exact) mass is 228 g/mol. The molecule has 0 saturated carbocycles. The van der Waals surface area contributed by atoms with E-state index in [2.05, 4.69) is 27.5 Å². The Morgan fingerprint density at radius 1 is 1.18 bits per heavy atom. The fourth-order valence-corrected chi connectivity index (χ4v) is 1.76. The maximum atomic E-state index is 5.55. The van der Waals surface area contributed by atoms with Crippen LogP contribution in [-0.4, -0.2) is 9.97 Å². The lowest BCUT2D eigenvalue weighted by molar-refractivity contribution is 0.503. The number of nitrogens with two attached hydrogens (primary N) is 1. The molecule has 4 heteroatoms. The normalized spacial score (nSPS) is 12.3. The topological polar surface area (TPSA) is 63.8 Å². The molecule has 0 saturated heterocycles. The van der Waals surface area contributed by atoms with Crippen molar-refractivity contribution in [3.8, 4) is 0 Å². The highest BCUT2D eigenvalue weighted by molar-refractivity contribution is 5.15. The Balaban J connectivity index is 1.97. The Kier molecular flexibility index (Phi) is 4.18. The number of aryl methyl sites for hydroxylation is 1. The van der Waals surface area contributed by atoms with Gasteiger partial charge in [-0.05, 0) is 18.4 Å². The van der Waals surface area contributed by atoms with Gasteiger partial charge >= 0.3 is 0 Å². The quantitative estimate of drug-likeness (QED) is 0.603. The second kappa shape index (κ2) is 6.08. The zero-order valence-corrected chi connectivity index (χ0v) is 9.58. The fraction of sp³-hybridized carbons (Fsp3) is 0.231. The van der Waals surface area contributed by atoms with Gasteiger partial charge in [0.05, 0.1) is 17.9 Å². The van der Waals surface area contributed by atoms with Gasteiger partial charge < -0.3 is 0 Å². The number of nitrogens with zero attached hydrogens (tertiary/aromatic N) is 2. The number of hydrazine groups is 1. The first-order valence-electron chi connectivity index (χ1n) is 5.66. The van der Waals surface area contributed by atoms with Gasteiger partial charge in [0.1, 0.15) is 0 Å². The molecule has 2 rings (SSSR count). The van der Waals surface area contributed by atoms with Crippen LogP contribution in [0.5, 0.6) is 0 Å². The molecule has 0 fully saturated rings. The summed E-state index contributed by atoms with van der Waals surface area (Å²) >= 11 is 0. The molecule has 1 aromatic heterocycles. The van der Waals surface area contributed by atoms with Crippen molar-refractivity contribution < 1.29 is 0 Å². The first-order valence-corrected chi connectivity index (χ1v) is 5.66. The summed E-state index contributed by atoms with van der Waals surface area (Å²) < 4.78 is 0. The summed E-state index contributed by atoms with van der Waals surface area (Å²) in [5.74, 6) is 5.55. The van der Waals surface area contributed by atoms with Crippen molar-refractivity contribution in [1.82, 2.24) is 15.4 Å². The van der Waals surface area contributed by atoms with Gasteiger partial charge in [0, 0.05) is 12.4 Å². The lowest BCUT2D eigenvalue weighted by Gasteiger charge is -2.14. The summed E-state index contributed by atoms with van der Waals surface area (Å²) in [5, 5.41) is 0. The second-order valence-corrected chi connectivity index (χ2v) is 3.87. The van der Waals surface area contributed by atoms with Crippen molar-refractivity contribution in [2.24, 2.45) is 5.84 Å². The zero-order chi connectivity index (χ0) is 11.9. The van der Waals surface area contributed by atoms with Gasteiger partial charge in [-0.25, -0.2) is 0 Å². The van der Waals surface area contributed by atoms with E-state index >= 15 is 0 Å². The smallest absolute Gasteiger partial charge is 0.0769 e. The third-order valence-electron chi connectivity index (χ3n) is 2.71. The SMILES string of the molecule is NNC(CCc1ccccc1)c1cnccn1. The minimum absolute atomic E-state index is 0.0453. The molecule has 1 heterocycles. The average molecular weight is 228 g/mol. The van der Waals surface area contributed by atoms with E-state index in [0.717, 1.165) is 18.5 Å². The summed E-state index contributed by atoms with van der Waals surface area (Å²) in [6, 6.07) is 10.4. The second-order valence-electron chi connectivity index (χ2n) is 3.87. The summed E-state index contributed by atoms with van der Waals surface area (Å²) in [4.78, 5) is 8.31. The number of benzene rings is 1. The Bertz CT molecular complexity index is 430. The zero-order valence-electron chi connectivity index (χ0n) is 9.58. The van der Waals surface area contributed by atoms with E-state index in [4.69, 9.17) is 5.84 Å². The van der Waals surface area contributed by atoms with E-state index in [9.17, 15) is 0 Å². The minimum Gasteiger partial charge on any atom is -0.271 e. The largest absolute Gasteiger partial charge is 0.271 e. The Labute approximate surface area is 101 Å². The van der Waals surface area contributed by atoms with E-state index in [1.165, 1.54) is 5.56 Å². The Morgan fingerprint density at radius 3 is 2.65 bits per heavy atom. The first-order chi connectivity index (χ1) is 8.40. The van der Waals surface area contributed by atoms with Crippen molar-refractivity contribution >= 4 is 0 Å². The van der Waals surface area contributed by atoms with E-state index in [-0.39, 0.29) is 6.04 Å². The van der Waals surface area contributed by atoms with Crippen LogP contribution in [0.15, 0.2) is 48.9 Å². The van der Waals surface area contributed by atoms with Crippen LogP contribution in [0.4, 0.5) is 0 Å². The van der Waals surface area contributed by atoms with Crippen LogP contribution in [0.2, 0.25) is 0 Å². The van der Waals surface area contributed by atoms with Crippen molar-refractivity contribution in [3.63, 3.8) is 0 Å². The van der Waals surface area contributed by atoms with Gasteiger partial charge in [-0.15, -0.1) is 0 Å². The van der Waals surface area contributed by atoms with Crippen LogP contribution < -0.4 is 11.3 Å². The molecule has 17 heavy (non-hydrogen) atoms. The number of hydrogen-bond acceptors (Lipinski definition) is 4. The van der Waals surface area contributed by atoms with Gasteiger partial charge in [-0.3, -0.25) is 21.2 Å². The van der Waals surface area contributed by atoms with Crippen molar-refractivity contribution in [3.05, 3.63) is 60.2 Å². The summed E-state index contributed by atoms with van der Waals surface area (Å²) in [7, 11) is 0. The van der Waals surface area contributed by atoms with Crippen LogP contribution >= 0.6 is 0 Å². The molecule has 0 radical (unpaired) electrons. The molecule has 0 bridgehead atoms. The lowest BCUT2D eigenvalue weighted by Crippen LogP contribution is -2.29. The molecule has 4 nitrogen and oxygen atoms in total. The molecular weight excluding hydrogens is 212 g/mol. The molecular formula is C13H16N4. The fourth-order valence-electron chi connectivity index (χ4n) is 1.76. The van der Waals surface area contributed by atoms with Crippen LogP contribution in [-0.2, 0) is 6.42 Å². The highest BCUT2D eigenvalue weighted by atomic mass is 15.2. The number of rotatable bonds is 5. The van der Waals surface area contributed by atoms with Gasteiger partial charge in [0.15, 0.2) is 0 Å². The lowest BCUT2D eigenvalue weighted by atomic mass is 10.0. The van der Waals surface area contributed by atoms with E-state index in [1.807, 2.05) is 18.2 Å². The molecule has 0 aliphatic rings.